The standard InChI is InChI=1S/C15H10Cl2N2O3S/c16-10-6-5-8(7-11(10)17)13(20)19-15(23)18-12-4-2-1-3-9(12)14(21)22/h1-7H,(H,21,22)(H2,18,19,20,23). The van der Waals surface area contributed by atoms with Crippen LogP contribution < -0.4 is 10.6 Å². The number of rotatable bonds is 3. The zero-order valence-electron chi connectivity index (χ0n) is 11.5. The van der Waals surface area contributed by atoms with Crippen LogP contribution in [0.1, 0.15) is 20.7 Å². The number of halogens is 2. The van der Waals surface area contributed by atoms with Gasteiger partial charge in [0, 0.05) is 5.56 Å². The van der Waals surface area contributed by atoms with Gasteiger partial charge >= 0.3 is 5.97 Å². The summed E-state index contributed by atoms with van der Waals surface area (Å²) in [7, 11) is 0. The van der Waals surface area contributed by atoms with E-state index in [0.717, 1.165) is 0 Å². The summed E-state index contributed by atoms with van der Waals surface area (Å²) in [4.78, 5) is 23.2. The van der Waals surface area contributed by atoms with Gasteiger partial charge in [-0.2, -0.15) is 0 Å². The average Bonchev–Trinajstić information content (AvgIpc) is 2.50. The quantitative estimate of drug-likeness (QED) is 0.717. The first-order valence-corrected chi connectivity index (χ1v) is 7.44. The van der Waals surface area contributed by atoms with E-state index in [2.05, 4.69) is 10.6 Å². The Bertz CT molecular complexity index is 796. The molecule has 0 saturated heterocycles. The van der Waals surface area contributed by atoms with Crippen molar-refractivity contribution in [2.45, 2.75) is 0 Å². The van der Waals surface area contributed by atoms with E-state index >= 15 is 0 Å². The molecule has 3 N–H and O–H groups in total. The molecule has 23 heavy (non-hydrogen) atoms. The van der Waals surface area contributed by atoms with Crippen molar-refractivity contribution in [2.75, 3.05) is 5.32 Å². The van der Waals surface area contributed by atoms with E-state index in [0.29, 0.717) is 5.02 Å². The molecule has 0 aliphatic carbocycles. The van der Waals surface area contributed by atoms with Crippen LogP contribution in [0.15, 0.2) is 42.5 Å². The maximum Gasteiger partial charge on any atom is 0.337 e. The number of benzene rings is 2. The van der Waals surface area contributed by atoms with Crippen molar-refractivity contribution < 1.29 is 14.7 Å². The summed E-state index contributed by atoms with van der Waals surface area (Å²) < 4.78 is 0. The molecule has 2 aromatic carbocycles. The Kier molecular flexibility index (Phi) is 5.54. The molecule has 8 heteroatoms. The molecule has 2 aromatic rings. The molecule has 118 valence electrons. The fraction of sp³-hybridized carbons (Fsp3) is 0. The molecule has 1 amide bonds. The number of nitrogens with one attached hydrogen (secondary N) is 2. The Morgan fingerprint density at radius 3 is 2.39 bits per heavy atom. The first-order chi connectivity index (χ1) is 10.9. The molecule has 0 aliphatic rings. The molecule has 5 nitrogen and oxygen atoms in total. The number of para-hydroxylation sites is 1. The molecule has 0 fully saturated rings. The summed E-state index contributed by atoms with van der Waals surface area (Å²) in [5.41, 5.74) is 0.591. The zero-order chi connectivity index (χ0) is 17.0. The third-order valence-electron chi connectivity index (χ3n) is 2.81. The van der Waals surface area contributed by atoms with Crippen molar-refractivity contribution >= 4 is 58.1 Å². The highest BCUT2D eigenvalue weighted by atomic mass is 35.5. The number of hydrogen-bond acceptors (Lipinski definition) is 3. The third-order valence-corrected chi connectivity index (χ3v) is 3.76. The number of hydrogen-bond donors (Lipinski definition) is 3. The fourth-order valence-corrected chi connectivity index (χ4v) is 2.25. The molecule has 0 spiro atoms. The van der Waals surface area contributed by atoms with Gasteiger partial charge in [0.25, 0.3) is 5.91 Å². The van der Waals surface area contributed by atoms with Gasteiger partial charge in [-0.1, -0.05) is 35.3 Å². The van der Waals surface area contributed by atoms with Crippen LogP contribution in [0.25, 0.3) is 0 Å². The largest absolute Gasteiger partial charge is 0.478 e. The summed E-state index contributed by atoms with van der Waals surface area (Å²) in [6.45, 7) is 0. The normalized spacial score (nSPS) is 10.0. The lowest BCUT2D eigenvalue weighted by molar-refractivity contribution is 0.0698. The van der Waals surface area contributed by atoms with Gasteiger partial charge in [-0.25, -0.2) is 4.79 Å². The highest BCUT2D eigenvalue weighted by molar-refractivity contribution is 7.80. The molecule has 0 atom stereocenters. The van der Waals surface area contributed by atoms with Crippen molar-refractivity contribution in [2.24, 2.45) is 0 Å². The second-order valence-electron chi connectivity index (χ2n) is 4.39. The van der Waals surface area contributed by atoms with Crippen LogP contribution >= 0.6 is 35.4 Å². The summed E-state index contributed by atoms with van der Waals surface area (Å²) in [5.74, 6) is -1.60. The average molecular weight is 369 g/mol. The Morgan fingerprint density at radius 1 is 1.04 bits per heavy atom. The van der Waals surface area contributed by atoms with E-state index in [1.165, 1.54) is 24.3 Å². The zero-order valence-corrected chi connectivity index (χ0v) is 13.8. The highest BCUT2D eigenvalue weighted by Gasteiger charge is 2.13. The van der Waals surface area contributed by atoms with Crippen molar-refractivity contribution in [1.29, 1.82) is 0 Å². The van der Waals surface area contributed by atoms with Crippen LogP contribution in [-0.2, 0) is 0 Å². The first kappa shape index (κ1) is 17.2. The minimum absolute atomic E-state index is 0.0326. The van der Waals surface area contributed by atoms with Gasteiger partial charge in [-0.3, -0.25) is 10.1 Å². The van der Waals surface area contributed by atoms with E-state index in [1.54, 1.807) is 18.2 Å². The van der Waals surface area contributed by atoms with Crippen LogP contribution in [0.4, 0.5) is 5.69 Å². The predicted molar refractivity (Wildman–Crippen MR) is 93.6 cm³/mol. The molecule has 0 bridgehead atoms. The lowest BCUT2D eigenvalue weighted by Crippen LogP contribution is -2.34. The summed E-state index contributed by atoms with van der Waals surface area (Å²) >= 11 is 16.7. The van der Waals surface area contributed by atoms with Crippen molar-refractivity contribution in [3.8, 4) is 0 Å². The number of amides is 1. The lowest BCUT2D eigenvalue weighted by atomic mass is 10.2. The number of thiocarbonyl (C=S) groups is 1. The molecule has 2 rings (SSSR count). The SMILES string of the molecule is O=C(NC(=S)Nc1ccccc1C(=O)O)c1ccc(Cl)c(Cl)c1. The van der Waals surface area contributed by atoms with Crippen LogP contribution in [0.3, 0.4) is 0 Å². The predicted octanol–water partition coefficient (Wildman–Crippen LogP) is 3.82. The molecule has 0 heterocycles. The molecule has 0 radical (unpaired) electrons. The minimum Gasteiger partial charge on any atom is -0.478 e. The molecular weight excluding hydrogens is 359 g/mol. The van der Waals surface area contributed by atoms with Crippen LogP contribution in [0.2, 0.25) is 10.0 Å². The Balaban J connectivity index is 2.09. The number of carboxylic acid groups (broad SMARTS) is 1. The third kappa shape index (κ3) is 4.41. The second kappa shape index (κ2) is 7.41. The van der Waals surface area contributed by atoms with Crippen molar-refractivity contribution in [3.05, 3.63) is 63.6 Å². The van der Waals surface area contributed by atoms with E-state index in [4.69, 9.17) is 40.5 Å². The van der Waals surface area contributed by atoms with Crippen molar-refractivity contribution in [3.63, 3.8) is 0 Å². The Morgan fingerprint density at radius 2 is 1.74 bits per heavy atom. The number of aromatic carboxylic acids is 1. The second-order valence-corrected chi connectivity index (χ2v) is 5.61. The molecule has 0 unspecified atom stereocenters. The van der Waals surface area contributed by atoms with Crippen LogP contribution in [0, 0.1) is 0 Å². The Hall–Kier alpha value is -2.15. The number of carbonyl (C=O) groups is 2. The lowest BCUT2D eigenvalue weighted by Gasteiger charge is -2.11. The van der Waals surface area contributed by atoms with Gasteiger partial charge in [0.1, 0.15) is 0 Å². The van der Waals surface area contributed by atoms with E-state index < -0.39 is 11.9 Å². The smallest absolute Gasteiger partial charge is 0.337 e. The summed E-state index contributed by atoms with van der Waals surface area (Å²) in [5, 5.41) is 14.8. The fourth-order valence-electron chi connectivity index (χ4n) is 1.74. The number of anilines is 1. The minimum atomic E-state index is -1.10. The van der Waals surface area contributed by atoms with E-state index in [9.17, 15) is 9.59 Å². The molecule has 0 aliphatic heterocycles. The number of carbonyl (C=O) groups excluding carboxylic acids is 1. The van der Waals surface area contributed by atoms with Gasteiger partial charge in [0.2, 0.25) is 0 Å². The molecule has 0 aromatic heterocycles. The summed E-state index contributed by atoms with van der Waals surface area (Å²) in [6, 6.07) is 10.6. The van der Waals surface area contributed by atoms with Crippen molar-refractivity contribution in [1.82, 2.24) is 5.32 Å². The highest BCUT2D eigenvalue weighted by Crippen LogP contribution is 2.22. The van der Waals surface area contributed by atoms with E-state index in [1.807, 2.05) is 0 Å². The first-order valence-electron chi connectivity index (χ1n) is 6.28. The van der Waals surface area contributed by atoms with E-state index in [-0.39, 0.29) is 26.9 Å². The van der Waals surface area contributed by atoms with Gasteiger partial charge < -0.3 is 10.4 Å². The van der Waals surface area contributed by atoms with Gasteiger partial charge in [0.15, 0.2) is 5.11 Å². The Labute approximate surface area is 147 Å². The van der Waals surface area contributed by atoms with Crippen LogP contribution in [-0.4, -0.2) is 22.1 Å². The van der Waals surface area contributed by atoms with Crippen LogP contribution in [0.5, 0.6) is 0 Å². The maximum atomic E-state index is 12.1. The molecular formula is C15H10Cl2N2O3S. The van der Waals surface area contributed by atoms with Gasteiger partial charge in [-0.15, -0.1) is 0 Å². The summed E-state index contributed by atoms with van der Waals surface area (Å²) in [6.07, 6.45) is 0. The van der Waals surface area contributed by atoms with Gasteiger partial charge in [0.05, 0.1) is 21.3 Å². The monoisotopic (exact) mass is 368 g/mol. The number of carboxylic acids is 1. The topological polar surface area (TPSA) is 78.4 Å². The molecule has 0 saturated carbocycles. The van der Waals surface area contributed by atoms with Gasteiger partial charge in [-0.05, 0) is 42.5 Å². The maximum absolute atomic E-state index is 12.1.